The molecule has 1 aromatic carbocycles. The first-order valence-corrected chi connectivity index (χ1v) is 8.64. The molecule has 132 valence electrons. The number of ether oxygens (including phenoxy) is 1. The maximum absolute atomic E-state index is 13.1. The van der Waals surface area contributed by atoms with Gasteiger partial charge in [-0.05, 0) is 44.2 Å². The Morgan fingerprint density at radius 3 is 2.88 bits per heavy atom. The van der Waals surface area contributed by atoms with Gasteiger partial charge in [-0.3, -0.25) is 9.78 Å². The van der Waals surface area contributed by atoms with Crippen molar-refractivity contribution in [3.63, 3.8) is 0 Å². The van der Waals surface area contributed by atoms with Gasteiger partial charge in [0, 0.05) is 42.4 Å². The van der Waals surface area contributed by atoms with Gasteiger partial charge in [0.05, 0.1) is 12.2 Å². The quantitative estimate of drug-likeness (QED) is 0.726. The molecule has 26 heavy (non-hydrogen) atoms. The van der Waals surface area contributed by atoms with Crippen molar-refractivity contribution < 1.29 is 9.53 Å². The van der Waals surface area contributed by atoms with Crippen LogP contribution in [0.15, 0.2) is 55.0 Å². The van der Waals surface area contributed by atoms with E-state index in [1.807, 2.05) is 17.0 Å². The fraction of sp³-hybridized carbons (Fsp3) is 0.250. The number of hydrogen-bond acceptors (Lipinski definition) is 4. The highest BCUT2D eigenvalue weighted by molar-refractivity contribution is 5.95. The lowest BCUT2D eigenvalue weighted by atomic mass is 10.1. The Morgan fingerprint density at radius 1 is 1.19 bits per heavy atom. The van der Waals surface area contributed by atoms with E-state index in [0.717, 1.165) is 6.54 Å². The third-order valence-electron chi connectivity index (χ3n) is 4.80. The van der Waals surface area contributed by atoms with Gasteiger partial charge in [0.25, 0.3) is 5.91 Å². The van der Waals surface area contributed by atoms with Crippen molar-refractivity contribution in [3.8, 4) is 11.6 Å². The highest BCUT2D eigenvalue weighted by Gasteiger charge is 2.29. The molecule has 1 amide bonds. The van der Waals surface area contributed by atoms with Gasteiger partial charge in [-0.1, -0.05) is 6.07 Å². The molecular weight excluding hydrogens is 328 g/mol. The summed E-state index contributed by atoms with van der Waals surface area (Å²) in [6, 6.07) is 11.4. The summed E-state index contributed by atoms with van der Waals surface area (Å²) in [5, 5.41) is 0. The van der Waals surface area contributed by atoms with Crippen molar-refractivity contribution in [1.29, 1.82) is 0 Å². The summed E-state index contributed by atoms with van der Waals surface area (Å²) in [6.07, 6.45) is 4.69. The lowest BCUT2D eigenvalue weighted by Crippen LogP contribution is -2.41. The summed E-state index contributed by atoms with van der Waals surface area (Å²) in [5.74, 6) is 0.976. The number of fused-ring (bicyclic) bond motifs is 1. The highest BCUT2D eigenvalue weighted by Crippen LogP contribution is 2.29. The Kier molecular flexibility index (Phi) is 4.16. The first-order valence-electron chi connectivity index (χ1n) is 8.64. The molecule has 0 radical (unpaired) electrons. The van der Waals surface area contributed by atoms with Gasteiger partial charge in [-0.25, -0.2) is 4.98 Å². The first-order chi connectivity index (χ1) is 12.6. The van der Waals surface area contributed by atoms with Crippen LogP contribution in [0.4, 0.5) is 0 Å². The Hall–Kier alpha value is -3.15. The van der Waals surface area contributed by atoms with Crippen LogP contribution in [0.1, 0.15) is 34.7 Å². The minimum Gasteiger partial charge on any atom is -0.437 e. The Labute approximate surface area is 152 Å². The highest BCUT2D eigenvalue weighted by atomic mass is 16.5. The Bertz CT molecular complexity index is 936. The minimum absolute atomic E-state index is 0.00667. The van der Waals surface area contributed by atoms with Crippen molar-refractivity contribution in [1.82, 2.24) is 19.4 Å². The van der Waals surface area contributed by atoms with Crippen LogP contribution in [0.25, 0.3) is 0 Å². The standard InChI is InChI=1S/C20H20N4O2/c1-14-6-7-18-15(2)24(11-10-23(14)18)20(25)16-4-3-5-17(12-16)26-19-13-21-8-9-22-19/h3-9,12-13,15H,10-11H2,1-2H3. The molecule has 6 heteroatoms. The Morgan fingerprint density at radius 2 is 2.08 bits per heavy atom. The van der Waals surface area contributed by atoms with E-state index in [-0.39, 0.29) is 11.9 Å². The zero-order valence-corrected chi connectivity index (χ0v) is 14.8. The molecule has 1 atom stereocenters. The number of hydrogen-bond donors (Lipinski definition) is 0. The third-order valence-corrected chi connectivity index (χ3v) is 4.80. The molecule has 0 bridgehead atoms. The lowest BCUT2D eigenvalue weighted by molar-refractivity contribution is 0.0642. The number of carbonyl (C=O) groups is 1. The molecule has 0 saturated carbocycles. The van der Waals surface area contributed by atoms with Gasteiger partial charge in [0.2, 0.25) is 5.88 Å². The van der Waals surface area contributed by atoms with Crippen molar-refractivity contribution >= 4 is 5.91 Å². The molecule has 0 fully saturated rings. The molecule has 3 heterocycles. The van der Waals surface area contributed by atoms with Crippen LogP contribution in [0.5, 0.6) is 11.6 Å². The number of benzene rings is 1. The molecule has 4 rings (SSSR count). The SMILES string of the molecule is Cc1ccc2n1CCN(C(=O)c1cccc(Oc3cnccn3)c1)C2C. The van der Waals surface area contributed by atoms with E-state index in [2.05, 4.69) is 40.5 Å². The number of nitrogens with zero attached hydrogens (tertiary/aromatic N) is 4. The second kappa shape index (κ2) is 6.63. The van der Waals surface area contributed by atoms with Crippen LogP contribution in [0.2, 0.25) is 0 Å². The molecule has 0 saturated heterocycles. The average molecular weight is 348 g/mol. The minimum atomic E-state index is 0.00667. The van der Waals surface area contributed by atoms with E-state index >= 15 is 0 Å². The number of carbonyl (C=O) groups excluding carboxylic acids is 1. The predicted molar refractivity (Wildman–Crippen MR) is 97.2 cm³/mol. The molecule has 6 nitrogen and oxygen atoms in total. The second-order valence-electron chi connectivity index (χ2n) is 6.40. The van der Waals surface area contributed by atoms with Crippen molar-refractivity contribution in [3.05, 3.63) is 71.9 Å². The number of aryl methyl sites for hydroxylation is 1. The summed E-state index contributed by atoms with van der Waals surface area (Å²) < 4.78 is 7.97. The van der Waals surface area contributed by atoms with Gasteiger partial charge in [-0.15, -0.1) is 0 Å². The van der Waals surface area contributed by atoms with Gasteiger partial charge < -0.3 is 14.2 Å². The van der Waals surface area contributed by atoms with Gasteiger partial charge in [0.15, 0.2) is 0 Å². The largest absolute Gasteiger partial charge is 0.437 e. The van der Waals surface area contributed by atoms with Crippen molar-refractivity contribution in [2.24, 2.45) is 0 Å². The molecule has 0 N–H and O–H groups in total. The molecule has 1 aliphatic heterocycles. The van der Waals surface area contributed by atoms with E-state index in [1.54, 1.807) is 24.5 Å². The molecule has 2 aromatic heterocycles. The van der Waals surface area contributed by atoms with Gasteiger partial charge in [-0.2, -0.15) is 0 Å². The van der Waals surface area contributed by atoms with Crippen LogP contribution >= 0.6 is 0 Å². The van der Waals surface area contributed by atoms with E-state index in [9.17, 15) is 4.79 Å². The van der Waals surface area contributed by atoms with Crippen LogP contribution in [0.3, 0.4) is 0 Å². The van der Waals surface area contributed by atoms with Crippen LogP contribution < -0.4 is 4.74 Å². The number of aromatic nitrogens is 3. The number of amides is 1. The van der Waals surface area contributed by atoms with Crippen LogP contribution in [0, 0.1) is 6.92 Å². The second-order valence-corrected chi connectivity index (χ2v) is 6.40. The molecule has 1 aliphatic rings. The number of rotatable bonds is 3. The van der Waals surface area contributed by atoms with E-state index in [0.29, 0.717) is 23.7 Å². The predicted octanol–water partition coefficient (Wildman–Crippen LogP) is 3.60. The van der Waals surface area contributed by atoms with Crippen LogP contribution in [-0.4, -0.2) is 31.9 Å². The van der Waals surface area contributed by atoms with E-state index < -0.39 is 0 Å². The maximum atomic E-state index is 13.1. The maximum Gasteiger partial charge on any atom is 0.254 e. The monoisotopic (exact) mass is 348 g/mol. The zero-order chi connectivity index (χ0) is 18.1. The summed E-state index contributed by atoms with van der Waals surface area (Å²) in [6.45, 7) is 5.68. The zero-order valence-electron chi connectivity index (χ0n) is 14.8. The molecule has 0 spiro atoms. The summed E-state index contributed by atoms with van der Waals surface area (Å²) in [7, 11) is 0. The topological polar surface area (TPSA) is 60.2 Å². The average Bonchev–Trinajstić information content (AvgIpc) is 3.05. The third kappa shape index (κ3) is 2.94. The normalized spacial score (nSPS) is 16.2. The van der Waals surface area contributed by atoms with E-state index in [1.165, 1.54) is 17.6 Å². The van der Waals surface area contributed by atoms with Gasteiger partial charge >= 0.3 is 0 Å². The molecule has 1 unspecified atom stereocenters. The summed E-state index contributed by atoms with van der Waals surface area (Å²) in [4.78, 5) is 23.1. The fourth-order valence-electron chi connectivity index (χ4n) is 3.42. The van der Waals surface area contributed by atoms with Crippen molar-refractivity contribution in [2.45, 2.75) is 26.4 Å². The van der Waals surface area contributed by atoms with E-state index in [4.69, 9.17) is 4.74 Å². The fourth-order valence-corrected chi connectivity index (χ4v) is 3.42. The first kappa shape index (κ1) is 16.3. The smallest absolute Gasteiger partial charge is 0.254 e. The molecule has 0 aliphatic carbocycles. The Balaban J connectivity index is 1.56. The van der Waals surface area contributed by atoms with Crippen LogP contribution in [-0.2, 0) is 6.54 Å². The van der Waals surface area contributed by atoms with Gasteiger partial charge in [0.1, 0.15) is 5.75 Å². The van der Waals surface area contributed by atoms with Crippen molar-refractivity contribution in [2.75, 3.05) is 6.54 Å². The summed E-state index contributed by atoms with van der Waals surface area (Å²) >= 11 is 0. The molecular formula is C20H20N4O2. The summed E-state index contributed by atoms with van der Waals surface area (Å²) in [5.41, 5.74) is 3.02. The lowest BCUT2D eigenvalue weighted by Gasteiger charge is -2.35. The molecule has 3 aromatic rings.